The van der Waals surface area contributed by atoms with Crippen molar-refractivity contribution in [2.24, 2.45) is 4.99 Å². The van der Waals surface area contributed by atoms with Gasteiger partial charge in [-0.2, -0.15) is 0 Å². The third-order valence-electron chi connectivity index (χ3n) is 5.67. The molecule has 0 amide bonds. The Labute approximate surface area is 214 Å². The van der Waals surface area contributed by atoms with E-state index in [0.29, 0.717) is 19.0 Å². The largest absolute Gasteiger partial charge is 0.357 e. The highest BCUT2D eigenvalue weighted by Crippen LogP contribution is 2.17. The normalized spacial score (nSPS) is 15.6. The molecule has 1 aromatic heterocycles. The van der Waals surface area contributed by atoms with Crippen LogP contribution in [0.15, 0.2) is 34.6 Å². The molecular weight excluding hydrogens is 531 g/mol. The lowest BCUT2D eigenvalue weighted by molar-refractivity contribution is 0.132. The van der Waals surface area contributed by atoms with Crippen molar-refractivity contribution in [1.29, 1.82) is 0 Å². The second-order valence-corrected chi connectivity index (χ2v) is 9.34. The van der Waals surface area contributed by atoms with Gasteiger partial charge in [-0.3, -0.25) is 4.90 Å². The number of likely N-dealkylation sites (N-methyl/N-ethyl adjacent to an activating group) is 1. The van der Waals surface area contributed by atoms with Gasteiger partial charge in [0.15, 0.2) is 5.96 Å². The summed E-state index contributed by atoms with van der Waals surface area (Å²) in [5.41, 5.74) is 3.77. The summed E-state index contributed by atoms with van der Waals surface area (Å²) in [7, 11) is 0. The average molecular weight is 571 g/mol. The number of nitrogens with one attached hydrogen (secondary N) is 2. The average Bonchev–Trinajstić information content (AvgIpc) is 3.27. The van der Waals surface area contributed by atoms with Crippen LogP contribution in [-0.2, 0) is 19.6 Å². The summed E-state index contributed by atoms with van der Waals surface area (Å²) in [4.78, 5) is 14.5. The van der Waals surface area contributed by atoms with Crippen molar-refractivity contribution in [1.82, 2.24) is 25.4 Å². The molecule has 6 nitrogen and oxygen atoms in total. The summed E-state index contributed by atoms with van der Waals surface area (Å²) in [5, 5.41) is 9.99. The van der Waals surface area contributed by atoms with Crippen LogP contribution < -0.4 is 10.6 Å². The molecule has 2 heterocycles. The van der Waals surface area contributed by atoms with Crippen LogP contribution in [-0.4, -0.2) is 60.0 Å². The maximum absolute atomic E-state index is 4.76. The smallest absolute Gasteiger partial charge is 0.191 e. The number of benzene rings is 1. The lowest BCUT2D eigenvalue weighted by Crippen LogP contribution is -2.45. The first kappa shape index (κ1) is 27.0. The van der Waals surface area contributed by atoms with Gasteiger partial charge in [0.25, 0.3) is 0 Å². The molecule has 0 saturated carbocycles. The molecule has 2 aromatic rings. The minimum Gasteiger partial charge on any atom is -0.357 e. The molecule has 0 spiro atoms. The highest BCUT2D eigenvalue weighted by molar-refractivity contribution is 14.0. The molecule has 1 aliphatic heterocycles. The highest BCUT2D eigenvalue weighted by Gasteiger charge is 2.15. The molecule has 8 heteroatoms. The second-order valence-electron chi connectivity index (χ2n) is 8.40. The van der Waals surface area contributed by atoms with Crippen LogP contribution in [0.2, 0.25) is 0 Å². The van der Waals surface area contributed by atoms with E-state index >= 15 is 0 Å². The number of halogens is 1. The van der Waals surface area contributed by atoms with Crippen LogP contribution in [0.3, 0.4) is 0 Å². The van der Waals surface area contributed by atoms with E-state index in [1.807, 2.05) is 0 Å². The molecule has 0 radical (unpaired) electrons. The lowest BCUT2D eigenvalue weighted by atomic mass is 10.1. The van der Waals surface area contributed by atoms with Gasteiger partial charge < -0.3 is 15.5 Å². The predicted molar refractivity (Wildman–Crippen MR) is 147 cm³/mol. The maximum atomic E-state index is 4.76. The Balaban J connectivity index is 0.00000363. The van der Waals surface area contributed by atoms with Gasteiger partial charge in [0, 0.05) is 44.6 Å². The molecule has 32 heavy (non-hydrogen) atoms. The summed E-state index contributed by atoms with van der Waals surface area (Å²) >= 11 is 1.71. The van der Waals surface area contributed by atoms with Crippen molar-refractivity contribution in [2.75, 3.05) is 39.3 Å². The zero-order chi connectivity index (χ0) is 22.1. The molecule has 3 rings (SSSR count). The molecule has 2 N–H and O–H groups in total. The fourth-order valence-electron chi connectivity index (χ4n) is 3.61. The fraction of sp³-hybridized carbons (Fsp3) is 0.583. The Kier molecular flexibility index (Phi) is 11.9. The number of hydrogen-bond acceptors (Lipinski definition) is 5. The van der Waals surface area contributed by atoms with Gasteiger partial charge in [-0.05, 0) is 30.5 Å². The number of guanidine groups is 1. The first-order valence-electron chi connectivity index (χ1n) is 11.6. The Bertz CT molecular complexity index is 812. The van der Waals surface area contributed by atoms with Crippen molar-refractivity contribution in [3.05, 3.63) is 51.5 Å². The van der Waals surface area contributed by atoms with Gasteiger partial charge in [-0.25, -0.2) is 9.98 Å². The summed E-state index contributed by atoms with van der Waals surface area (Å²) in [6.07, 6.45) is 0. The van der Waals surface area contributed by atoms with Gasteiger partial charge in [-0.1, -0.05) is 45.0 Å². The lowest BCUT2D eigenvalue weighted by Gasteiger charge is -2.34. The van der Waals surface area contributed by atoms with Crippen LogP contribution in [0, 0.1) is 0 Å². The van der Waals surface area contributed by atoms with Crippen LogP contribution in [0.1, 0.15) is 55.4 Å². The Hall–Kier alpha value is -1.23. The Morgan fingerprint density at radius 2 is 1.69 bits per heavy atom. The fourth-order valence-corrected chi connectivity index (χ4v) is 4.51. The molecule has 0 unspecified atom stereocenters. The van der Waals surface area contributed by atoms with Crippen LogP contribution in [0.5, 0.6) is 0 Å². The number of thiazole rings is 1. The number of hydrogen-bond donors (Lipinski definition) is 2. The van der Waals surface area contributed by atoms with Crippen molar-refractivity contribution in [3.63, 3.8) is 0 Å². The third kappa shape index (κ3) is 8.61. The van der Waals surface area contributed by atoms with Gasteiger partial charge in [0.2, 0.25) is 0 Å². The molecule has 1 aliphatic rings. The van der Waals surface area contributed by atoms with E-state index in [2.05, 4.69) is 77.8 Å². The van der Waals surface area contributed by atoms with Gasteiger partial charge in [0.1, 0.15) is 5.01 Å². The molecular formula is C24H39IN6S. The minimum absolute atomic E-state index is 0. The first-order valence-corrected chi connectivity index (χ1v) is 12.4. The SMILES string of the molecule is CCNC(=NCc1ccc(CN2CCN(CC)CC2)cc1)NCc1nc(C(C)C)cs1.I. The number of nitrogens with zero attached hydrogens (tertiary/aromatic N) is 4. The summed E-state index contributed by atoms with van der Waals surface area (Å²) < 4.78 is 0. The summed E-state index contributed by atoms with van der Waals surface area (Å²) in [6, 6.07) is 8.92. The van der Waals surface area contributed by atoms with Gasteiger partial charge >= 0.3 is 0 Å². The Morgan fingerprint density at radius 3 is 2.28 bits per heavy atom. The zero-order valence-corrected chi connectivity index (χ0v) is 23.1. The number of aliphatic imine (C=N–C) groups is 1. The molecule has 1 saturated heterocycles. The molecule has 1 fully saturated rings. The monoisotopic (exact) mass is 570 g/mol. The van der Waals surface area contributed by atoms with Crippen molar-refractivity contribution in [2.45, 2.75) is 53.2 Å². The standard InChI is InChI=1S/C24H38N6S.HI/c1-5-25-24(27-16-23-28-22(18-31-23)19(3)4)26-15-20-7-9-21(10-8-20)17-30-13-11-29(6-2)12-14-30;/h7-10,18-19H,5-6,11-17H2,1-4H3,(H2,25,26,27);1H. The van der Waals surface area contributed by atoms with Crippen molar-refractivity contribution >= 4 is 41.3 Å². The molecule has 1 aromatic carbocycles. The highest BCUT2D eigenvalue weighted by atomic mass is 127. The number of rotatable bonds is 9. The number of aromatic nitrogens is 1. The maximum Gasteiger partial charge on any atom is 0.191 e. The zero-order valence-electron chi connectivity index (χ0n) is 19.9. The van der Waals surface area contributed by atoms with E-state index in [4.69, 9.17) is 9.98 Å². The van der Waals surface area contributed by atoms with Gasteiger partial charge in [-0.15, -0.1) is 35.3 Å². The molecule has 0 atom stereocenters. The van der Waals surface area contributed by atoms with E-state index in [1.165, 1.54) is 24.2 Å². The van der Waals surface area contributed by atoms with E-state index in [-0.39, 0.29) is 24.0 Å². The van der Waals surface area contributed by atoms with E-state index in [0.717, 1.165) is 49.4 Å². The topological polar surface area (TPSA) is 55.8 Å². The van der Waals surface area contributed by atoms with Crippen LogP contribution >= 0.6 is 35.3 Å². The third-order valence-corrected chi connectivity index (χ3v) is 6.54. The first-order chi connectivity index (χ1) is 15.1. The van der Waals surface area contributed by atoms with E-state index in [9.17, 15) is 0 Å². The molecule has 0 aliphatic carbocycles. The molecule has 0 bridgehead atoms. The second kappa shape index (κ2) is 14.1. The van der Waals surface area contributed by atoms with Crippen molar-refractivity contribution in [3.8, 4) is 0 Å². The van der Waals surface area contributed by atoms with E-state index < -0.39 is 0 Å². The van der Waals surface area contributed by atoms with Gasteiger partial charge in [0.05, 0.1) is 18.8 Å². The summed E-state index contributed by atoms with van der Waals surface area (Å²) in [6.45, 7) is 17.8. The Morgan fingerprint density at radius 1 is 1.03 bits per heavy atom. The van der Waals surface area contributed by atoms with E-state index in [1.54, 1.807) is 11.3 Å². The minimum atomic E-state index is 0. The number of piperazine rings is 1. The van der Waals surface area contributed by atoms with Crippen molar-refractivity contribution < 1.29 is 0 Å². The predicted octanol–water partition coefficient (Wildman–Crippen LogP) is 4.28. The van der Waals surface area contributed by atoms with Crippen LogP contribution in [0.25, 0.3) is 0 Å². The molecule has 178 valence electrons. The summed E-state index contributed by atoms with van der Waals surface area (Å²) in [5.74, 6) is 1.30. The van der Waals surface area contributed by atoms with Crippen LogP contribution in [0.4, 0.5) is 0 Å². The quantitative estimate of drug-likeness (QED) is 0.268.